The normalized spacial score (nSPS) is 15.3. The average molecular weight is 386 g/mol. The molecule has 10 heteroatoms. The van der Waals surface area contributed by atoms with Crippen molar-refractivity contribution in [1.82, 2.24) is 15.5 Å². The van der Waals surface area contributed by atoms with Crippen molar-refractivity contribution in [3.05, 3.63) is 29.8 Å². The molecule has 0 aliphatic carbocycles. The van der Waals surface area contributed by atoms with Gasteiger partial charge < -0.3 is 10.2 Å². The predicted molar refractivity (Wildman–Crippen MR) is 92.7 cm³/mol. The fraction of sp³-hybridized carbons (Fsp3) is 0.471. The molecule has 0 unspecified atom stereocenters. The van der Waals surface area contributed by atoms with Crippen molar-refractivity contribution < 1.29 is 27.6 Å². The highest BCUT2D eigenvalue weighted by molar-refractivity contribution is 5.95. The van der Waals surface area contributed by atoms with Crippen LogP contribution in [-0.2, 0) is 4.79 Å². The van der Waals surface area contributed by atoms with Gasteiger partial charge in [-0.3, -0.25) is 19.8 Å². The summed E-state index contributed by atoms with van der Waals surface area (Å²) >= 11 is 0. The Hall–Kier alpha value is -2.62. The van der Waals surface area contributed by atoms with Gasteiger partial charge in [0.1, 0.15) is 6.54 Å². The van der Waals surface area contributed by atoms with E-state index < -0.39 is 24.7 Å². The molecule has 1 heterocycles. The number of imide groups is 1. The molecule has 0 aromatic heterocycles. The molecule has 0 atom stereocenters. The molecule has 7 nitrogen and oxygen atoms in total. The lowest BCUT2D eigenvalue weighted by atomic mass is 10.1. The minimum Gasteiger partial charge on any atom is -0.369 e. The van der Waals surface area contributed by atoms with Gasteiger partial charge in [-0.2, -0.15) is 13.2 Å². The van der Waals surface area contributed by atoms with Gasteiger partial charge in [0.25, 0.3) is 0 Å². The minimum atomic E-state index is -4.53. The third kappa shape index (κ3) is 6.89. The first-order valence-electron chi connectivity index (χ1n) is 8.37. The number of nitrogens with one attached hydrogen (secondary N) is 2. The number of hydrogen-bond acceptors (Lipinski definition) is 5. The fourth-order valence-electron chi connectivity index (χ4n) is 2.67. The van der Waals surface area contributed by atoms with Crippen molar-refractivity contribution in [2.45, 2.75) is 13.1 Å². The number of piperazine rings is 1. The monoisotopic (exact) mass is 386 g/mol. The van der Waals surface area contributed by atoms with Crippen LogP contribution in [0, 0.1) is 0 Å². The molecule has 1 aromatic carbocycles. The fourth-order valence-corrected chi connectivity index (χ4v) is 2.67. The van der Waals surface area contributed by atoms with Gasteiger partial charge in [-0.25, -0.2) is 4.79 Å². The molecule has 1 aliphatic rings. The molecule has 2 N–H and O–H groups in total. The van der Waals surface area contributed by atoms with Crippen LogP contribution in [0.3, 0.4) is 0 Å². The van der Waals surface area contributed by atoms with Gasteiger partial charge in [0.15, 0.2) is 5.78 Å². The summed E-state index contributed by atoms with van der Waals surface area (Å²) in [5.74, 6) is -0.661. The van der Waals surface area contributed by atoms with Crippen LogP contribution in [0.25, 0.3) is 0 Å². The number of carbonyl (C=O) groups is 3. The summed E-state index contributed by atoms with van der Waals surface area (Å²) < 4.78 is 36.0. The van der Waals surface area contributed by atoms with Gasteiger partial charge in [0, 0.05) is 37.4 Å². The number of benzene rings is 1. The number of ketones is 1. The second-order valence-electron chi connectivity index (χ2n) is 6.21. The van der Waals surface area contributed by atoms with Crippen molar-refractivity contribution in [1.29, 1.82) is 0 Å². The number of halogens is 3. The molecule has 1 aromatic rings. The quantitative estimate of drug-likeness (QED) is 0.748. The molecule has 0 spiro atoms. The third-order valence-electron chi connectivity index (χ3n) is 4.08. The lowest BCUT2D eigenvalue weighted by Gasteiger charge is -2.35. The molecule has 2 rings (SSSR count). The Morgan fingerprint density at radius 1 is 1.04 bits per heavy atom. The maximum Gasteiger partial charge on any atom is 0.405 e. The second kappa shape index (κ2) is 8.85. The molecule has 3 amide bonds. The number of carbonyl (C=O) groups excluding carboxylic acids is 3. The number of alkyl halides is 3. The van der Waals surface area contributed by atoms with Crippen molar-refractivity contribution in [2.75, 3.05) is 44.2 Å². The largest absolute Gasteiger partial charge is 0.405 e. The first kappa shape index (κ1) is 20.7. The molecular formula is C17H21F3N4O3. The average Bonchev–Trinajstić information content (AvgIpc) is 2.60. The van der Waals surface area contributed by atoms with E-state index in [4.69, 9.17) is 0 Å². The number of amides is 3. The number of anilines is 1. The zero-order chi connectivity index (χ0) is 20.0. The Balaban J connectivity index is 1.74. The van der Waals surface area contributed by atoms with Crippen LogP contribution < -0.4 is 15.5 Å². The van der Waals surface area contributed by atoms with Crippen LogP contribution in [-0.4, -0.2) is 68.1 Å². The topological polar surface area (TPSA) is 81.8 Å². The second-order valence-corrected chi connectivity index (χ2v) is 6.21. The highest BCUT2D eigenvalue weighted by atomic mass is 19.4. The number of nitrogens with zero attached hydrogens (tertiary/aromatic N) is 2. The first-order chi connectivity index (χ1) is 12.6. The Kier molecular flexibility index (Phi) is 6.78. The summed E-state index contributed by atoms with van der Waals surface area (Å²) in [6.07, 6.45) is -4.53. The zero-order valence-electron chi connectivity index (χ0n) is 14.8. The van der Waals surface area contributed by atoms with Gasteiger partial charge in [0.2, 0.25) is 5.91 Å². The first-order valence-corrected chi connectivity index (χ1v) is 8.37. The van der Waals surface area contributed by atoms with E-state index in [1.807, 2.05) is 22.3 Å². The zero-order valence-corrected chi connectivity index (χ0v) is 14.8. The van der Waals surface area contributed by atoms with Crippen LogP contribution in [0.2, 0.25) is 0 Å². The van der Waals surface area contributed by atoms with E-state index in [0.29, 0.717) is 31.7 Å². The summed E-state index contributed by atoms with van der Waals surface area (Å²) in [7, 11) is 0. The maximum atomic E-state index is 12.0. The Labute approximate surface area is 154 Å². The number of hydrogen-bond donors (Lipinski definition) is 2. The van der Waals surface area contributed by atoms with Crippen LogP contribution in [0.5, 0.6) is 0 Å². The SMILES string of the molecule is CC(=O)c1ccc(N2CCN(CC(=O)NC(=O)NCC(F)(F)F)CC2)cc1. The summed E-state index contributed by atoms with van der Waals surface area (Å²) in [4.78, 5) is 38.2. The molecular weight excluding hydrogens is 365 g/mol. The lowest BCUT2D eigenvalue weighted by molar-refractivity contribution is -0.125. The molecule has 1 fully saturated rings. The summed E-state index contributed by atoms with van der Waals surface area (Å²) in [6, 6.07) is 6.09. The van der Waals surface area contributed by atoms with Crippen molar-refractivity contribution in [2.24, 2.45) is 0 Å². The molecule has 27 heavy (non-hydrogen) atoms. The molecule has 0 bridgehead atoms. The van der Waals surface area contributed by atoms with E-state index in [2.05, 4.69) is 4.90 Å². The Morgan fingerprint density at radius 2 is 1.63 bits per heavy atom. The van der Waals surface area contributed by atoms with Gasteiger partial charge >= 0.3 is 12.2 Å². The van der Waals surface area contributed by atoms with E-state index in [1.165, 1.54) is 6.92 Å². The lowest BCUT2D eigenvalue weighted by Crippen LogP contribution is -2.51. The number of rotatable bonds is 5. The van der Waals surface area contributed by atoms with E-state index in [9.17, 15) is 27.6 Å². The van der Waals surface area contributed by atoms with Crippen molar-refractivity contribution in [3.63, 3.8) is 0 Å². The van der Waals surface area contributed by atoms with Gasteiger partial charge in [-0.1, -0.05) is 0 Å². The number of urea groups is 1. The summed E-state index contributed by atoms with van der Waals surface area (Å²) in [5, 5.41) is 3.47. The van der Waals surface area contributed by atoms with Crippen molar-refractivity contribution >= 4 is 23.4 Å². The highest BCUT2D eigenvalue weighted by Crippen LogP contribution is 2.17. The van der Waals surface area contributed by atoms with E-state index >= 15 is 0 Å². The standard InChI is InChI=1S/C17H21F3N4O3/c1-12(25)13-2-4-14(5-3-13)24-8-6-23(7-9-24)10-15(26)22-16(27)21-11-17(18,19)20/h2-5H,6-11H2,1H3,(H2,21,22,26,27). The molecule has 148 valence electrons. The van der Waals surface area contributed by atoms with Gasteiger partial charge in [0.05, 0.1) is 6.54 Å². The minimum absolute atomic E-state index is 0.00310. The Morgan fingerprint density at radius 3 is 2.15 bits per heavy atom. The van der Waals surface area contributed by atoms with Gasteiger partial charge in [-0.05, 0) is 31.2 Å². The third-order valence-corrected chi connectivity index (χ3v) is 4.08. The van der Waals surface area contributed by atoms with Gasteiger partial charge in [-0.15, -0.1) is 0 Å². The predicted octanol–water partition coefficient (Wildman–Crippen LogP) is 1.40. The molecule has 1 saturated heterocycles. The molecule has 0 saturated carbocycles. The maximum absolute atomic E-state index is 12.0. The van der Waals surface area contributed by atoms with Crippen LogP contribution in [0.15, 0.2) is 24.3 Å². The molecule has 1 aliphatic heterocycles. The van der Waals surface area contributed by atoms with E-state index in [1.54, 1.807) is 17.4 Å². The smallest absolute Gasteiger partial charge is 0.369 e. The van der Waals surface area contributed by atoms with E-state index in [-0.39, 0.29) is 12.3 Å². The van der Waals surface area contributed by atoms with Crippen LogP contribution in [0.1, 0.15) is 17.3 Å². The highest BCUT2D eigenvalue weighted by Gasteiger charge is 2.28. The molecule has 0 radical (unpaired) electrons. The number of Topliss-reactive ketones (excluding diaryl/α,β-unsaturated/α-hetero) is 1. The van der Waals surface area contributed by atoms with Crippen LogP contribution >= 0.6 is 0 Å². The summed E-state index contributed by atoms with van der Waals surface area (Å²) in [6.45, 7) is 2.35. The Bertz CT molecular complexity index is 684. The van der Waals surface area contributed by atoms with Crippen LogP contribution in [0.4, 0.5) is 23.7 Å². The summed E-state index contributed by atoms with van der Waals surface area (Å²) in [5.41, 5.74) is 1.61. The van der Waals surface area contributed by atoms with Crippen molar-refractivity contribution in [3.8, 4) is 0 Å². The van der Waals surface area contributed by atoms with E-state index in [0.717, 1.165) is 5.69 Å².